The summed E-state index contributed by atoms with van der Waals surface area (Å²) in [5.74, 6) is -0.253. The van der Waals surface area contributed by atoms with Gasteiger partial charge < -0.3 is 20.7 Å². The van der Waals surface area contributed by atoms with Crippen molar-refractivity contribution in [2.24, 2.45) is 0 Å². The number of amides is 3. The largest absolute Gasteiger partial charge is 0.495 e. The van der Waals surface area contributed by atoms with Crippen LogP contribution in [0.4, 0.5) is 11.4 Å². The number of nitrogens with one attached hydrogen (secondary N) is 3. The monoisotopic (exact) mass is 355 g/mol. The molecule has 0 fully saturated rings. The van der Waals surface area contributed by atoms with Crippen LogP contribution in [0, 0.1) is 0 Å². The summed E-state index contributed by atoms with van der Waals surface area (Å²) < 4.78 is 5.21. The molecule has 7 nitrogen and oxygen atoms in total. The Labute approximate surface area is 151 Å². The maximum absolute atomic E-state index is 12.1. The van der Waals surface area contributed by atoms with E-state index >= 15 is 0 Å². The summed E-state index contributed by atoms with van der Waals surface area (Å²) in [6.07, 6.45) is 0.103. The molecule has 0 saturated heterocycles. The molecule has 2 rings (SSSR count). The predicted molar refractivity (Wildman–Crippen MR) is 99.3 cm³/mol. The maximum atomic E-state index is 12.1. The molecule has 26 heavy (non-hydrogen) atoms. The minimum absolute atomic E-state index is 0.103. The van der Waals surface area contributed by atoms with E-state index in [2.05, 4.69) is 16.0 Å². The van der Waals surface area contributed by atoms with Gasteiger partial charge in [0.1, 0.15) is 5.75 Å². The lowest BCUT2D eigenvalue weighted by Gasteiger charge is -2.12. The zero-order chi connectivity index (χ0) is 18.9. The van der Waals surface area contributed by atoms with E-state index in [9.17, 15) is 14.4 Å². The molecule has 0 heterocycles. The first kappa shape index (κ1) is 19.0. The third-order valence-corrected chi connectivity index (χ3v) is 3.47. The van der Waals surface area contributed by atoms with Crippen molar-refractivity contribution in [1.29, 1.82) is 0 Å². The van der Waals surface area contributed by atoms with E-state index < -0.39 is 0 Å². The van der Waals surface area contributed by atoms with Crippen LogP contribution in [0.15, 0.2) is 48.5 Å². The van der Waals surface area contributed by atoms with Gasteiger partial charge in [-0.15, -0.1) is 0 Å². The van der Waals surface area contributed by atoms with Gasteiger partial charge in [-0.25, -0.2) is 0 Å². The molecule has 0 saturated carbocycles. The topological polar surface area (TPSA) is 96.5 Å². The minimum Gasteiger partial charge on any atom is -0.495 e. The second kappa shape index (κ2) is 9.22. The van der Waals surface area contributed by atoms with Gasteiger partial charge in [-0.05, 0) is 30.3 Å². The van der Waals surface area contributed by atoms with E-state index in [1.165, 1.54) is 14.0 Å². The Morgan fingerprint density at radius 3 is 2.38 bits per heavy atom. The lowest BCUT2D eigenvalue weighted by molar-refractivity contribution is -0.116. The van der Waals surface area contributed by atoms with Gasteiger partial charge in [0, 0.05) is 31.1 Å². The zero-order valence-corrected chi connectivity index (χ0v) is 14.7. The van der Waals surface area contributed by atoms with Crippen LogP contribution in [-0.4, -0.2) is 31.4 Å². The minimum atomic E-state index is -0.281. The van der Waals surface area contributed by atoms with Crippen molar-refractivity contribution in [3.05, 3.63) is 54.1 Å². The van der Waals surface area contributed by atoms with Gasteiger partial charge >= 0.3 is 0 Å². The van der Waals surface area contributed by atoms with E-state index in [0.29, 0.717) is 22.7 Å². The molecule has 2 aromatic rings. The first-order valence-corrected chi connectivity index (χ1v) is 8.08. The molecule has 0 atom stereocenters. The molecule has 3 N–H and O–H groups in total. The molecule has 0 unspecified atom stereocenters. The first-order valence-electron chi connectivity index (χ1n) is 8.08. The van der Waals surface area contributed by atoms with Crippen molar-refractivity contribution >= 4 is 29.1 Å². The Morgan fingerprint density at radius 2 is 1.73 bits per heavy atom. The molecular formula is C19H21N3O4. The van der Waals surface area contributed by atoms with E-state index in [-0.39, 0.29) is 30.7 Å². The summed E-state index contributed by atoms with van der Waals surface area (Å²) in [5, 5.41) is 8.06. The van der Waals surface area contributed by atoms with Crippen molar-refractivity contribution in [1.82, 2.24) is 5.32 Å². The van der Waals surface area contributed by atoms with Gasteiger partial charge in [-0.3, -0.25) is 14.4 Å². The van der Waals surface area contributed by atoms with Crippen LogP contribution in [0.25, 0.3) is 0 Å². The van der Waals surface area contributed by atoms with Gasteiger partial charge in [0.05, 0.1) is 12.8 Å². The standard InChI is InChI=1S/C19H21N3O4/c1-13(23)21-15-8-9-17(26-2)16(12-15)22-18(24)10-11-20-19(25)14-6-4-3-5-7-14/h3-9,12H,10-11H2,1-2H3,(H,20,25)(H,21,23)(H,22,24). The van der Waals surface area contributed by atoms with Crippen molar-refractivity contribution in [2.45, 2.75) is 13.3 Å². The van der Waals surface area contributed by atoms with Crippen molar-refractivity contribution in [3.8, 4) is 5.75 Å². The van der Waals surface area contributed by atoms with Crippen LogP contribution >= 0.6 is 0 Å². The average Bonchev–Trinajstić information content (AvgIpc) is 2.62. The van der Waals surface area contributed by atoms with Gasteiger partial charge in [0.15, 0.2) is 0 Å². The third-order valence-electron chi connectivity index (χ3n) is 3.47. The Balaban J connectivity index is 1.90. The van der Waals surface area contributed by atoms with E-state index in [0.717, 1.165) is 0 Å². The number of ether oxygens (including phenoxy) is 1. The van der Waals surface area contributed by atoms with Crippen LogP contribution in [0.3, 0.4) is 0 Å². The van der Waals surface area contributed by atoms with E-state index in [4.69, 9.17) is 4.74 Å². The van der Waals surface area contributed by atoms with Gasteiger partial charge in [-0.2, -0.15) is 0 Å². The van der Waals surface area contributed by atoms with Crippen LogP contribution < -0.4 is 20.7 Å². The highest BCUT2D eigenvalue weighted by Gasteiger charge is 2.10. The third kappa shape index (κ3) is 5.62. The summed E-state index contributed by atoms with van der Waals surface area (Å²) in [6.45, 7) is 1.60. The second-order valence-corrected chi connectivity index (χ2v) is 5.52. The van der Waals surface area contributed by atoms with Gasteiger partial charge in [0.25, 0.3) is 5.91 Å². The number of anilines is 2. The Kier molecular flexibility index (Phi) is 6.73. The number of hydrogen-bond donors (Lipinski definition) is 3. The summed E-state index contributed by atoms with van der Waals surface area (Å²) in [4.78, 5) is 35.2. The molecule has 0 spiro atoms. The fraction of sp³-hybridized carbons (Fsp3) is 0.211. The normalized spacial score (nSPS) is 9.92. The van der Waals surface area contributed by atoms with E-state index in [1.807, 2.05) is 6.07 Å². The SMILES string of the molecule is COc1ccc(NC(C)=O)cc1NC(=O)CCNC(=O)c1ccccc1. The molecule has 0 bridgehead atoms. The lowest BCUT2D eigenvalue weighted by Crippen LogP contribution is -2.27. The summed E-state index contributed by atoms with van der Waals surface area (Å²) in [6, 6.07) is 13.7. The lowest BCUT2D eigenvalue weighted by atomic mass is 10.2. The molecule has 2 aromatic carbocycles. The number of rotatable bonds is 7. The molecule has 136 valence electrons. The van der Waals surface area contributed by atoms with Crippen LogP contribution in [0.1, 0.15) is 23.7 Å². The molecule has 0 aromatic heterocycles. The molecular weight excluding hydrogens is 334 g/mol. The number of methoxy groups -OCH3 is 1. The summed E-state index contributed by atoms with van der Waals surface area (Å²) in [7, 11) is 1.49. The van der Waals surface area contributed by atoms with Crippen molar-refractivity contribution in [2.75, 3.05) is 24.3 Å². The second-order valence-electron chi connectivity index (χ2n) is 5.52. The highest BCUT2D eigenvalue weighted by Crippen LogP contribution is 2.27. The van der Waals surface area contributed by atoms with Crippen LogP contribution in [-0.2, 0) is 9.59 Å². The number of carbonyl (C=O) groups is 3. The predicted octanol–water partition coefficient (Wildman–Crippen LogP) is 2.41. The van der Waals surface area contributed by atoms with E-state index in [1.54, 1.807) is 42.5 Å². The van der Waals surface area contributed by atoms with Gasteiger partial charge in [0.2, 0.25) is 11.8 Å². The molecule has 0 aliphatic rings. The summed E-state index contributed by atoms with van der Waals surface area (Å²) >= 11 is 0. The van der Waals surface area contributed by atoms with Gasteiger partial charge in [-0.1, -0.05) is 18.2 Å². The number of carbonyl (C=O) groups excluding carboxylic acids is 3. The number of hydrogen-bond acceptors (Lipinski definition) is 4. The zero-order valence-electron chi connectivity index (χ0n) is 14.7. The Morgan fingerprint density at radius 1 is 1.00 bits per heavy atom. The highest BCUT2D eigenvalue weighted by atomic mass is 16.5. The van der Waals surface area contributed by atoms with Crippen LogP contribution in [0.5, 0.6) is 5.75 Å². The smallest absolute Gasteiger partial charge is 0.251 e. The molecule has 0 radical (unpaired) electrons. The fourth-order valence-corrected chi connectivity index (χ4v) is 2.28. The quantitative estimate of drug-likeness (QED) is 0.710. The fourth-order valence-electron chi connectivity index (χ4n) is 2.28. The molecule has 3 amide bonds. The molecule has 7 heteroatoms. The van der Waals surface area contributed by atoms with Crippen LogP contribution in [0.2, 0.25) is 0 Å². The molecule has 0 aliphatic carbocycles. The first-order chi connectivity index (χ1) is 12.5. The Hall–Kier alpha value is -3.35. The maximum Gasteiger partial charge on any atom is 0.251 e. The molecule has 0 aliphatic heterocycles. The van der Waals surface area contributed by atoms with Crippen molar-refractivity contribution < 1.29 is 19.1 Å². The summed E-state index contributed by atoms with van der Waals surface area (Å²) in [5.41, 5.74) is 1.53. The van der Waals surface area contributed by atoms with Crippen molar-refractivity contribution in [3.63, 3.8) is 0 Å². The number of benzene rings is 2. The Bertz CT molecular complexity index is 791. The highest BCUT2D eigenvalue weighted by molar-refractivity contribution is 5.96. The average molecular weight is 355 g/mol.